The molecule has 1 amide bonds. The van der Waals surface area contributed by atoms with Crippen molar-refractivity contribution in [3.8, 4) is 0 Å². The maximum atomic E-state index is 13.2. The van der Waals surface area contributed by atoms with Gasteiger partial charge in [-0.3, -0.25) is 4.79 Å². The van der Waals surface area contributed by atoms with Gasteiger partial charge < -0.3 is 15.0 Å². The molecule has 11 heteroatoms. The average molecular weight is 388 g/mol. The van der Waals surface area contributed by atoms with Crippen LogP contribution in [0, 0.1) is 0 Å². The first-order chi connectivity index (χ1) is 11.6. The molecule has 2 rings (SSSR count). The SMILES string of the molecule is O=C(CSC(F)(F)F)Nc1ccc(N2CCOCC2)cc1C(F)(F)F. The summed E-state index contributed by atoms with van der Waals surface area (Å²) in [6.45, 7) is 1.61. The van der Waals surface area contributed by atoms with Crippen LogP contribution in [0.4, 0.5) is 37.7 Å². The minimum absolute atomic E-state index is 0.304. The van der Waals surface area contributed by atoms with E-state index in [1.807, 2.05) is 5.32 Å². The van der Waals surface area contributed by atoms with Gasteiger partial charge in [0.1, 0.15) is 0 Å². The zero-order valence-electron chi connectivity index (χ0n) is 12.7. The normalized spacial score (nSPS) is 16.0. The number of halogens is 6. The van der Waals surface area contributed by atoms with Gasteiger partial charge in [0.2, 0.25) is 5.91 Å². The zero-order chi connectivity index (χ0) is 18.7. The van der Waals surface area contributed by atoms with Crippen molar-refractivity contribution in [1.29, 1.82) is 0 Å². The second-order valence-corrected chi connectivity index (χ2v) is 6.15. The number of benzene rings is 1. The lowest BCUT2D eigenvalue weighted by molar-refractivity contribution is -0.136. The van der Waals surface area contributed by atoms with Crippen LogP contribution in [0.5, 0.6) is 0 Å². The molecule has 1 aromatic rings. The second-order valence-electron chi connectivity index (χ2n) is 5.11. The summed E-state index contributed by atoms with van der Waals surface area (Å²) in [4.78, 5) is 13.2. The van der Waals surface area contributed by atoms with E-state index in [0.29, 0.717) is 32.0 Å². The third-order valence-electron chi connectivity index (χ3n) is 3.33. The first kappa shape index (κ1) is 19.7. The Labute approximate surface area is 143 Å². The maximum Gasteiger partial charge on any atom is 0.442 e. The molecular weight excluding hydrogens is 374 g/mol. The number of carbonyl (C=O) groups excluding carboxylic acids is 1. The highest BCUT2D eigenvalue weighted by Crippen LogP contribution is 2.38. The van der Waals surface area contributed by atoms with Gasteiger partial charge in [-0.1, -0.05) is 0 Å². The number of carbonyl (C=O) groups is 1. The molecule has 140 valence electrons. The Balaban J connectivity index is 2.18. The largest absolute Gasteiger partial charge is 0.442 e. The first-order valence-electron chi connectivity index (χ1n) is 7.11. The molecule has 1 aromatic carbocycles. The van der Waals surface area contributed by atoms with Crippen molar-refractivity contribution < 1.29 is 35.9 Å². The average Bonchev–Trinajstić information content (AvgIpc) is 2.52. The summed E-state index contributed by atoms with van der Waals surface area (Å²) in [5, 5.41) is 1.90. The van der Waals surface area contributed by atoms with Crippen molar-refractivity contribution in [2.45, 2.75) is 11.7 Å². The van der Waals surface area contributed by atoms with Crippen molar-refractivity contribution >= 4 is 29.0 Å². The Bertz CT molecular complexity index is 614. The van der Waals surface area contributed by atoms with Crippen molar-refractivity contribution in [2.75, 3.05) is 42.3 Å². The molecule has 0 spiro atoms. The minimum Gasteiger partial charge on any atom is -0.378 e. The number of morpholine rings is 1. The molecule has 0 bridgehead atoms. The number of ether oxygens (including phenoxy) is 1. The number of anilines is 2. The molecule has 1 fully saturated rings. The quantitative estimate of drug-likeness (QED) is 0.799. The van der Waals surface area contributed by atoms with E-state index in [-0.39, 0.29) is 0 Å². The molecule has 1 aliphatic heterocycles. The Morgan fingerprint density at radius 2 is 1.80 bits per heavy atom. The lowest BCUT2D eigenvalue weighted by Crippen LogP contribution is -2.36. The summed E-state index contributed by atoms with van der Waals surface area (Å²) in [7, 11) is 0. The van der Waals surface area contributed by atoms with E-state index in [2.05, 4.69) is 0 Å². The van der Waals surface area contributed by atoms with Gasteiger partial charge in [-0.2, -0.15) is 26.3 Å². The van der Waals surface area contributed by atoms with Crippen LogP contribution < -0.4 is 10.2 Å². The van der Waals surface area contributed by atoms with Gasteiger partial charge in [0.15, 0.2) is 0 Å². The highest BCUT2D eigenvalue weighted by Gasteiger charge is 2.35. The summed E-state index contributed by atoms with van der Waals surface area (Å²) in [5.41, 5.74) is -6.01. The summed E-state index contributed by atoms with van der Waals surface area (Å²) in [6, 6.07) is 3.30. The van der Waals surface area contributed by atoms with Crippen LogP contribution in [0.2, 0.25) is 0 Å². The number of nitrogens with zero attached hydrogens (tertiary/aromatic N) is 1. The van der Waals surface area contributed by atoms with Crippen LogP contribution in [0.25, 0.3) is 0 Å². The highest BCUT2D eigenvalue weighted by molar-refractivity contribution is 8.00. The number of hydrogen-bond acceptors (Lipinski definition) is 4. The van der Waals surface area contributed by atoms with Crippen LogP contribution in [0.15, 0.2) is 18.2 Å². The molecule has 0 radical (unpaired) electrons. The van der Waals surface area contributed by atoms with E-state index in [1.54, 1.807) is 4.90 Å². The molecule has 1 N–H and O–H groups in total. The Kier molecular flexibility index (Phi) is 6.09. The van der Waals surface area contributed by atoms with Gasteiger partial charge in [0.05, 0.1) is 30.2 Å². The Hall–Kier alpha value is -1.62. The number of nitrogens with one attached hydrogen (secondary N) is 1. The van der Waals surface area contributed by atoms with Gasteiger partial charge in [0.25, 0.3) is 0 Å². The molecule has 1 saturated heterocycles. The topological polar surface area (TPSA) is 41.6 Å². The zero-order valence-corrected chi connectivity index (χ0v) is 13.5. The molecule has 0 aromatic heterocycles. The van der Waals surface area contributed by atoms with Crippen LogP contribution in [-0.4, -0.2) is 43.5 Å². The third-order valence-corrected chi connectivity index (χ3v) is 4.06. The Morgan fingerprint density at radius 1 is 1.16 bits per heavy atom. The summed E-state index contributed by atoms with van der Waals surface area (Å²) in [6.07, 6.45) is -4.76. The van der Waals surface area contributed by atoms with Crippen molar-refractivity contribution in [2.24, 2.45) is 0 Å². The molecule has 1 aliphatic rings. The van der Waals surface area contributed by atoms with Crippen molar-refractivity contribution in [1.82, 2.24) is 0 Å². The number of amides is 1. The standard InChI is InChI=1S/C14H14F6N2O2S/c15-13(16,17)10-7-9(22-3-5-24-6-4-22)1-2-11(10)21-12(23)8-25-14(18,19)20/h1-2,7H,3-6,8H2,(H,21,23). The van der Waals surface area contributed by atoms with Crippen molar-refractivity contribution in [3.63, 3.8) is 0 Å². The smallest absolute Gasteiger partial charge is 0.378 e. The molecular formula is C14H14F6N2O2S. The molecule has 4 nitrogen and oxygen atoms in total. The van der Waals surface area contributed by atoms with Gasteiger partial charge in [-0.25, -0.2) is 0 Å². The van der Waals surface area contributed by atoms with Crippen molar-refractivity contribution in [3.05, 3.63) is 23.8 Å². The monoisotopic (exact) mass is 388 g/mol. The van der Waals surface area contributed by atoms with Crippen LogP contribution in [-0.2, 0) is 15.7 Å². The molecule has 0 saturated carbocycles. The van der Waals surface area contributed by atoms with E-state index in [0.717, 1.165) is 12.1 Å². The predicted octanol–water partition coefficient (Wildman–Crippen LogP) is 3.73. The molecule has 0 aliphatic carbocycles. The fraction of sp³-hybridized carbons (Fsp3) is 0.500. The summed E-state index contributed by atoms with van der Waals surface area (Å²) < 4.78 is 81.1. The number of thioether (sulfide) groups is 1. The van der Waals surface area contributed by atoms with Gasteiger partial charge >= 0.3 is 11.7 Å². The van der Waals surface area contributed by atoms with Gasteiger partial charge in [-0.05, 0) is 30.0 Å². The summed E-state index contributed by atoms with van der Waals surface area (Å²) in [5.74, 6) is -2.18. The fourth-order valence-electron chi connectivity index (χ4n) is 2.23. The third kappa shape index (κ3) is 5.99. The minimum atomic E-state index is -4.76. The van der Waals surface area contributed by atoms with E-state index in [1.165, 1.54) is 6.07 Å². The van der Waals surface area contributed by atoms with E-state index in [9.17, 15) is 31.1 Å². The van der Waals surface area contributed by atoms with Gasteiger partial charge in [0, 0.05) is 18.8 Å². The molecule has 0 unspecified atom stereocenters. The van der Waals surface area contributed by atoms with Gasteiger partial charge in [-0.15, -0.1) is 0 Å². The molecule has 1 heterocycles. The number of alkyl halides is 6. The van der Waals surface area contributed by atoms with E-state index >= 15 is 0 Å². The van der Waals surface area contributed by atoms with E-state index < -0.39 is 46.4 Å². The molecule has 25 heavy (non-hydrogen) atoms. The predicted molar refractivity (Wildman–Crippen MR) is 81.6 cm³/mol. The van der Waals surface area contributed by atoms with Crippen LogP contribution in [0.1, 0.15) is 5.56 Å². The fourth-order valence-corrected chi connectivity index (χ4v) is 2.59. The van der Waals surface area contributed by atoms with Crippen LogP contribution >= 0.6 is 11.8 Å². The number of rotatable bonds is 4. The second kappa shape index (κ2) is 7.73. The maximum absolute atomic E-state index is 13.2. The first-order valence-corrected chi connectivity index (χ1v) is 8.09. The molecule has 0 atom stereocenters. The highest BCUT2D eigenvalue weighted by atomic mass is 32.2. The summed E-state index contributed by atoms with van der Waals surface area (Å²) >= 11 is -0.615. The Morgan fingerprint density at radius 3 is 2.36 bits per heavy atom. The van der Waals surface area contributed by atoms with Crippen LogP contribution in [0.3, 0.4) is 0 Å². The van der Waals surface area contributed by atoms with E-state index in [4.69, 9.17) is 4.74 Å². The lowest BCUT2D eigenvalue weighted by Gasteiger charge is -2.29. The number of hydrogen-bond donors (Lipinski definition) is 1. The lowest BCUT2D eigenvalue weighted by atomic mass is 10.1.